The van der Waals surface area contributed by atoms with Gasteiger partial charge in [0.2, 0.25) is 0 Å². The highest BCUT2D eigenvalue weighted by Gasteiger charge is 2.17. The molecule has 4 heteroatoms. The van der Waals surface area contributed by atoms with E-state index in [2.05, 4.69) is 65.6 Å². The summed E-state index contributed by atoms with van der Waals surface area (Å²) < 4.78 is 0. The van der Waals surface area contributed by atoms with Crippen molar-refractivity contribution < 1.29 is 4.79 Å². The second kappa shape index (κ2) is 10.9. The third-order valence-electron chi connectivity index (χ3n) is 3.16. The lowest BCUT2D eigenvalue weighted by Crippen LogP contribution is -2.48. The summed E-state index contributed by atoms with van der Waals surface area (Å²) in [4.78, 5) is 16.8. The van der Waals surface area contributed by atoms with Gasteiger partial charge in [0.05, 0.1) is 6.67 Å². The maximum atomic E-state index is 12.5. The van der Waals surface area contributed by atoms with Gasteiger partial charge in [0, 0.05) is 26.2 Å². The van der Waals surface area contributed by atoms with E-state index in [0.717, 1.165) is 26.2 Å². The molecule has 0 atom stereocenters. The minimum absolute atomic E-state index is 0.0694. The summed E-state index contributed by atoms with van der Waals surface area (Å²) in [6.07, 6.45) is 0. The molecule has 0 rings (SSSR count). The molecule has 0 fully saturated rings. The fourth-order valence-corrected chi connectivity index (χ4v) is 2.65. The van der Waals surface area contributed by atoms with E-state index in [9.17, 15) is 4.79 Å². The summed E-state index contributed by atoms with van der Waals surface area (Å²) in [5.41, 5.74) is 0. The second-order valence-electron chi connectivity index (χ2n) is 8.16. The average Bonchev–Trinajstić information content (AvgIpc) is 2.32. The van der Waals surface area contributed by atoms with Crippen LogP contribution in [0.25, 0.3) is 0 Å². The number of nitrogens with one attached hydrogen (secondary N) is 1. The predicted octanol–water partition coefficient (Wildman–Crippen LogP) is 3.88. The van der Waals surface area contributed by atoms with Gasteiger partial charge >= 0.3 is 6.03 Å². The zero-order valence-corrected chi connectivity index (χ0v) is 16.1. The maximum Gasteiger partial charge on any atom is 0.318 e. The smallest absolute Gasteiger partial charge is 0.318 e. The lowest BCUT2D eigenvalue weighted by Gasteiger charge is -2.30. The van der Waals surface area contributed by atoms with Gasteiger partial charge in [-0.2, -0.15) is 0 Å². The standard InChI is InChI=1S/C18H39N3O/c1-14(2)9-20(10-15(3)4)13-19-18(22)21(11-16(5)6)12-17(7)8/h14-17H,9-13H2,1-8H3,(H,19,22). The molecule has 0 saturated heterocycles. The number of hydrogen-bond donors (Lipinski definition) is 1. The number of carbonyl (C=O) groups excluding carboxylic acids is 1. The summed E-state index contributed by atoms with van der Waals surface area (Å²) in [5.74, 6) is 2.20. The molecule has 22 heavy (non-hydrogen) atoms. The van der Waals surface area contributed by atoms with Crippen molar-refractivity contribution in [1.29, 1.82) is 0 Å². The normalized spacial score (nSPS) is 12.0. The van der Waals surface area contributed by atoms with Crippen LogP contribution in [0.2, 0.25) is 0 Å². The van der Waals surface area contributed by atoms with Gasteiger partial charge in [0.25, 0.3) is 0 Å². The monoisotopic (exact) mass is 313 g/mol. The molecule has 0 heterocycles. The average molecular weight is 314 g/mol. The molecule has 0 spiro atoms. The van der Waals surface area contributed by atoms with Crippen molar-refractivity contribution in [2.75, 3.05) is 32.8 Å². The highest BCUT2D eigenvalue weighted by Crippen LogP contribution is 2.06. The molecule has 4 nitrogen and oxygen atoms in total. The molecule has 0 bridgehead atoms. The van der Waals surface area contributed by atoms with Crippen LogP contribution in [0.1, 0.15) is 55.4 Å². The molecule has 0 radical (unpaired) electrons. The van der Waals surface area contributed by atoms with Crippen LogP contribution in [-0.2, 0) is 0 Å². The molecule has 1 N–H and O–H groups in total. The molecule has 0 aliphatic rings. The van der Waals surface area contributed by atoms with Gasteiger partial charge in [-0.05, 0) is 23.7 Å². The van der Waals surface area contributed by atoms with Crippen LogP contribution in [0.5, 0.6) is 0 Å². The fraction of sp³-hybridized carbons (Fsp3) is 0.944. The van der Waals surface area contributed by atoms with Gasteiger partial charge in [-0.15, -0.1) is 0 Å². The zero-order chi connectivity index (χ0) is 17.3. The number of carbonyl (C=O) groups is 1. The van der Waals surface area contributed by atoms with Crippen molar-refractivity contribution in [3.8, 4) is 0 Å². The molecular weight excluding hydrogens is 274 g/mol. The van der Waals surface area contributed by atoms with E-state index >= 15 is 0 Å². The number of urea groups is 1. The van der Waals surface area contributed by atoms with Crippen molar-refractivity contribution in [3.05, 3.63) is 0 Å². The Morgan fingerprint density at radius 1 is 0.727 bits per heavy atom. The summed E-state index contributed by atoms with van der Waals surface area (Å²) in [6, 6.07) is 0.0694. The van der Waals surface area contributed by atoms with E-state index in [4.69, 9.17) is 0 Å². The Kier molecular flexibility index (Phi) is 10.5. The highest BCUT2D eigenvalue weighted by molar-refractivity contribution is 5.74. The number of nitrogens with zero attached hydrogens (tertiary/aromatic N) is 2. The van der Waals surface area contributed by atoms with Crippen LogP contribution in [-0.4, -0.2) is 48.7 Å². The van der Waals surface area contributed by atoms with Crippen LogP contribution in [0.4, 0.5) is 4.79 Å². The Bertz CT molecular complexity index is 281. The van der Waals surface area contributed by atoms with Crippen LogP contribution >= 0.6 is 0 Å². The quantitative estimate of drug-likeness (QED) is 0.621. The predicted molar refractivity (Wildman–Crippen MR) is 95.9 cm³/mol. The molecule has 0 saturated carbocycles. The maximum absolute atomic E-state index is 12.5. The molecule has 0 aliphatic carbocycles. The summed E-state index contributed by atoms with van der Waals surface area (Å²) in [6.45, 7) is 21.8. The van der Waals surface area contributed by atoms with E-state index in [1.807, 2.05) is 4.90 Å². The topological polar surface area (TPSA) is 35.6 Å². The lowest BCUT2D eigenvalue weighted by atomic mass is 10.1. The zero-order valence-electron chi connectivity index (χ0n) is 16.1. The Labute approximate surface area is 138 Å². The van der Waals surface area contributed by atoms with E-state index in [1.54, 1.807) is 0 Å². The first-order chi connectivity index (χ1) is 10.1. The van der Waals surface area contributed by atoms with Gasteiger partial charge in [-0.3, -0.25) is 4.90 Å². The Balaban J connectivity index is 4.53. The summed E-state index contributed by atoms with van der Waals surface area (Å²) >= 11 is 0. The van der Waals surface area contributed by atoms with E-state index in [-0.39, 0.29) is 6.03 Å². The van der Waals surface area contributed by atoms with E-state index < -0.39 is 0 Å². The van der Waals surface area contributed by atoms with Gasteiger partial charge < -0.3 is 10.2 Å². The lowest BCUT2D eigenvalue weighted by molar-refractivity contribution is 0.163. The number of amides is 2. The van der Waals surface area contributed by atoms with Crippen LogP contribution < -0.4 is 5.32 Å². The Morgan fingerprint density at radius 3 is 1.41 bits per heavy atom. The van der Waals surface area contributed by atoms with Crippen molar-refractivity contribution in [2.24, 2.45) is 23.7 Å². The summed E-state index contributed by atoms with van der Waals surface area (Å²) in [7, 11) is 0. The minimum atomic E-state index is 0.0694. The molecule has 0 aromatic rings. The number of rotatable bonds is 10. The van der Waals surface area contributed by atoms with Crippen molar-refractivity contribution >= 4 is 6.03 Å². The molecule has 0 aliphatic heterocycles. The molecule has 2 amide bonds. The SMILES string of the molecule is CC(C)CN(CNC(=O)N(CC(C)C)CC(C)C)CC(C)C. The third kappa shape index (κ3) is 10.9. The molecule has 0 aromatic heterocycles. The van der Waals surface area contributed by atoms with Gasteiger partial charge in [0.15, 0.2) is 0 Å². The molecule has 0 unspecified atom stereocenters. The Morgan fingerprint density at radius 2 is 1.09 bits per heavy atom. The molecule has 0 aromatic carbocycles. The highest BCUT2D eigenvalue weighted by atomic mass is 16.2. The first-order valence-corrected chi connectivity index (χ1v) is 8.86. The minimum Gasteiger partial charge on any atom is -0.325 e. The first kappa shape index (κ1) is 21.2. The molecular formula is C18H39N3O. The van der Waals surface area contributed by atoms with Gasteiger partial charge in [-0.1, -0.05) is 55.4 Å². The van der Waals surface area contributed by atoms with Crippen molar-refractivity contribution in [2.45, 2.75) is 55.4 Å². The van der Waals surface area contributed by atoms with Crippen molar-refractivity contribution in [3.63, 3.8) is 0 Å². The third-order valence-corrected chi connectivity index (χ3v) is 3.16. The van der Waals surface area contributed by atoms with Crippen LogP contribution in [0.15, 0.2) is 0 Å². The number of hydrogen-bond acceptors (Lipinski definition) is 2. The first-order valence-electron chi connectivity index (χ1n) is 8.86. The largest absolute Gasteiger partial charge is 0.325 e. The second-order valence-corrected chi connectivity index (χ2v) is 8.16. The van der Waals surface area contributed by atoms with Crippen LogP contribution in [0.3, 0.4) is 0 Å². The van der Waals surface area contributed by atoms with Gasteiger partial charge in [-0.25, -0.2) is 4.79 Å². The van der Waals surface area contributed by atoms with E-state index in [0.29, 0.717) is 30.3 Å². The fourth-order valence-electron chi connectivity index (χ4n) is 2.65. The van der Waals surface area contributed by atoms with Crippen LogP contribution in [0, 0.1) is 23.7 Å². The van der Waals surface area contributed by atoms with Crippen molar-refractivity contribution in [1.82, 2.24) is 15.1 Å². The molecule has 132 valence electrons. The summed E-state index contributed by atoms with van der Waals surface area (Å²) in [5, 5.41) is 3.12. The van der Waals surface area contributed by atoms with E-state index in [1.165, 1.54) is 0 Å². The van der Waals surface area contributed by atoms with Gasteiger partial charge in [0.1, 0.15) is 0 Å². The Hall–Kier alpha value is -0.770.